The average Bonchev–Trinajstić information content (AvgIpc) is 2.28. The predicted molar refractivity (Wildman–Crippen MR) is 64.8 cm³/mol. The normalized spacial score (nSPS) is 12.9. The highest BCUT2D eigenvalue weighted by Gasteiger charge is 2.12. The molecule has 0 bridgehead atoms. The van der Waals surface area contributed by atoms with Crippen LogP contribution in [-0.4, -0.2) is 8.42 Å². The summed E-state index contributed by atoms with van der Waals surface area (Å²) in [5.41, 5.74) is 9.05. The number of rotatable bonds is 4. The SMILES string of the molecule is CCC(S)c1ccc(S(=O)(=O)N=[N+]=[N-])cc1. The quantitative estimate of drug-likeness (QED) is 0.389. The number of sulfonamides is 1. The van der Waals surface area contributed by atoms with E-state index in [1.807, 2.05) is 6.92 Å². The summed E-state index contributed by atoms with van der Waals surface area (Å²) in [6.45, 7) is 1.99. The van der Waals surface area contributed by atoms with Crippen LogP contribution in [0.2, 0.25) is 0 Å². The van der Waals surface area contributed by atoms with Crippen LogP contribution in [0.25, 0.3) is 10.4 Å². The smallest absolute Gasteiger partial charge is 0.216 e. The fourth-order valence-corrected chi connectivity index (χ4v) is 2.04. The second kappa shape index (κ2) is 5.25. The maximum absolute atomic E-state index is 11.3. The summed E-state index contributed by atoms with van der Waals surface area (Å²) in [6, 6.07) is 6.17. The minimum Gasteiger partial charge on any atom is -0.216 e. The molecule has 1 aromatic carbocycles. The van der Waals surface area contributed by atoms with E-state index in [0.717, 1.165) is 12.0 Å². The van der Waals surface area contributed by atoms with Gasteiger partial charge < -0.3 is 0 Å². The van der Waals surface area contributed by atoms with Crippen LogP contribution in [0.15, 0.2) is 33.7 Å². The minimum atomic E-state index is -3.88. The Hall–Kier alpha value is -1.17. The van der Waals surface area contributed by atoms with E-state index >= 15 is 0 Å². The van der Waals surface area contributed by atoms with E-state index in [2.05, 4.69) is 22.1 Å². The Labute approximate surface area is 99.6 Å². The first kappa shape index (κ1) is 12.9. The molecule has 0 heterocycles. The van der Waals surface area contributed by atoms with Crippen LogP contribution in [0, 0.1) is 0 Å². The standard InChI is InChI=1S/C9H11N3O2S2/c1-2-9(15)7-3-5-8(6-4-7)16(13,14)12-11-10/h3-6,9,15H,2H2,1H3. The number of nitrogens with zero attached hydrogens (tertiary/aromatic N) is 3. The van der Waals surface area contributed by atoms with Gasteiger partial charge in [0, 0.05) is 14.7 Å². The van der Waals surface area contributed by atoms with Crippen molar-refractivity contribution in [3.8, 4) is 0 Å². The van der Waals surface area contributed by atoms with Crippen LogP contribution >= 0.6 is 12.6 Å². The number of hydrogen-bond donors (Lipinski definition) is 1. The molecule has 0 aliphatic heterocycles. The number of benzene rings is 1. The zero-order valence-corrected chi connectivity index (χ0v) is 10.3. The Kier molecular flexibility index (Phi) is 4.23. The van der Waals surface area contributed by atoms with Gasteiger partial charge in [-0.2, -0.15) is 12.6 Å². The van der Waals surface area contributed by atoms with E-state index in [0.29, 0.717) is 0 Å². The lowest BCUT2D eigenvalue weighted by Crippen LogP contribution is -1.96. The van der Waals surface area contributed by atoms with Gasteiger partial charge in [-0.25, -0.2) is 8.42 Å². The van der Waals surface area contributed by atoms with Crippen LogP contribution in [0.4, 0.5) is 0 Å². The van der Waals surface area contributed by atoms with Gasteiger partial charge in [-0.05, 0) is 29.6 Å². The van der Waals surface area contributed by atoms with Gasteiger partial charge in [0.2, 0.25) is 0 Å². The third-order valence-electron chi connectivity index (χ3n) is 2.09. The molecule has 0 N–H and O–H groups in total. The topological polar surface area (TPSA) is 82.9 Å². The molecule has 0 radical (unpaired) electrons. The summed E-state index contributed by atoms with van der Waals surface area (Å²) in [5.74, 6) is 0. The summed E-state index contributed by atoms with van der Waals surface area (Å²) in [4.78, 5) is 2.27. The number of thiol groups is 1. The first-order valence-corrected chi connectivity index (χ1v) is 6.56. The molecule has 1 aromatic rings. The maximum atomic E-state index is 11.3. The molecule has 7 heteroatoms. The van der Waals surface area contributed by atoms with Gasteiger partial charge in [-0.3, -0.25) is 0 Å². The van der Waals surface area contributed by atoms with Crippen LogP contribution in [0.3, 0.4) is 0 Å². The van der Waals surface area contributed by atoms with Crippen LogP contribution in [-0.2, 0) is 10.0 Å². The molecule has 0 saturated carbocycles. The van der Waals surface area contributed by atoms with Crippen molar-refractivity contribution in [2.24, 2.45) is 4.52 Å². The molecule has 0 amide bonds. The fourth-order valence-electron chi connectivity index (χ4n) is 1.19. The largest absolute Gasteiger partial charge is 0.264 e. The van der Waals surface area contributed by atoms with E-state index in [1.165, 1.54) is 12.1 Å². The van der Waals surface area contributed by atoms with Crippen LogP contribution in [0.1, 0.15) is 24.2 Å². The van der Waals surface area contributed by atoms with Crippen molar-refractivity contribution in [1.82, 2.24) is 0 Å². The third kappa shape index (κ3) is 2.91. The summed E-state index contributed by atoms with van der Waals surface area (Å²) >= 11 is 4.34. The molecule has 16 heavy (non-hydrogen) atoms. The molecular weight excluding hydrogens is 246 g/mol. The zero-order valence-electron chi connectivity index (χ0n) is 8.61. The highest BCUT2D eigenvalue weighted by atomic mass is 32.2. The Morgan fingerprint density at radius 3 is 2.44 bits per heavy atom. The monoisotopic (exact) mass is 257 g/mol. The number of azide groups is 1. The molecule has 86 valence electrons. The van der Waals surface area contributed by atoms with Gasteiger partial charge in [0.05, 0.1) is 4.90 Å². The Bertz CT molecular complexity index is 504. The van der Waals surface area contributed by atoms with E-state index in [-0.39, 0.29) is 10.1 Å². The highest BCUT2D eigenvalue weighted by Crippen LogP contribution is 2.24. The molecule has 0 aliphatic rings. The lowest BCUT2D eigenvalue weighted by atomic mass is 10.1. The molecule has 0 spiro atoms. The van der Waals surface area contributed by atoms with Crippen molar-refractivity contribution in [3.63, 3.8) is 0 Å². The molecule has 5 nitrogen and oxygen atoms in total. The molecule has 0 aliphatic carbocycles. The maximum Gasteiger partial charge on any atom is 0.264 e. The Morgan fingerprint density at radius 1 is 1.44 bits per heavy atom. The second-order valence-electron chi connectivity index (χ2n) is 3.14. The van der Waals surface area contributed by atoms with E-state index in [9.17, 15) is 8.42 Å². The molecule has 0 saturated heterocycles. The first-order valence-electron chi connectivity index (χ1n) is 4.60. The number of hydrogen-bond acceptors (Lipinski definition) is 3. The van der Waals surface area contributed by atoms with Crippen molar-refractivity contribution in [3.05, 3.63) is 40.3 Å². The van der Waals surface area contributed by atoms with Gasteiger partial charge in [0.1, 0.15) is 0 Å². The summed E-state index contributed by atoms with van der Waals surface area (Å²) in [6.07, 6.45) is 0.853. The third-order valence-corrected chi connectivity index (χ3v) is 3.91. The van der Waals surface area contributed by atoms with Gasteiger partial charge in [-0.1, -0.05) is 19.1 Å². The van der Waals surface area contributed by atoms with E-state index < -0.39 is 10.0 Å². The summed E-state index contributed by atoms with van der Waals surface area (Å²) in [7, 11) is -3.88. The van der Waals surface area contributed by atoms with Crippen LogP contribution in [0.5, 0.6) is 0 Å². The zero-order chi connectivity index (χ0) is 12.2. The highest BCUT2D eigenvalue weighted by molar-refractivity contribution is 7.90. The minimum absolute atomic E-state index is 0.00862. The van der Waals surface area contributed by atoms with Gasteiger partial charge in [0.15, 0.2) is 0 Å². The average molecular weight is 257 g/mol. The Morgan fingerprint density at radius 2 is 2.00 bits per heavy atom. The first-order chi connectivity index (χ1) is 7.51. The lowest BCUT2D eigenvalue weighted by Gasteiger charge is -2.07. The Balaban J connectivity index is 3.09. The lowest BCUT2D eigenvalue weighted by molar-refractivity contribution is 0.597. The molecule has 1 rings (SSSR count). The van der Waals surface area contributed by atoms with E-state index in [4.69, 9.17) is 5.53 Å². The van der Waals surface area contributed by atoms with Gasteiger partial charge >= 0.3 is 0 Å². The predicted octanol–water partition coefficient (Wildman–Crippen LogP) is 3.07. The van der Waals surface area contributed by atoms with E-state index in [1.54, 1.807) is 12.1 Å². The molecule has 1 unspecified atom stereocenters. The molecule has 0 aromatic heterocycles. The van der Waals surface area contributed by atoms with Crippen molar-refractivity contribution in [2.45, 2.75) is 23.5 Å². The molecule has 1 atom stereocenters. The summed E-state index contributed by atoms with van der Waals surface area (Å²) in [5, 5.41) is 0.0798. The molecule has 0 fully saturated rings. The second-order valence-corrected chi connectivity index (χ2v) is 5.35. The van der Waals surface area contributed by atoms with Gasteiger partial charge in [-0.15, -0.1) is 0 Å². The molecular formula is C9H11N3O2S2. The van der Waals surface area contributed by atoms with Crippen molar-refractivity contribution < 1.29 is 8.42 Å². The van der Waals surface area contributed by atoms with Crippen molar-refractivity contribution >= 4 is 22.7 Å². The fraction of sp³-hybridized carbons (Fsp3) is 0.333. The van der Waals surface area contributed by atoms with Crippen molar-refractivity contribution in [1.29, 1.82) is 0 Å². The summed E-state index contributed by atoms with van der Waals surface area (Å²) < 4.78 is 25.4. The van der Waals surface area contributed by atoms with Gasteiger partial charge in [0.25, 0.3) is 10.0 Å². The van der Waals surface area contributed by atoms with Crippen LogP contribution < -0.4 is 0 Å². The van der Waals surface area contributed by atoms with Crippen molar-refractivity contribution in [2.75, 3.05) is 0 Å².